The van der Waals surface area contributed by atoms with Crippen molar-refractivity contribution in [3.8, 4) is 0 Å². The fourth-order valence-corrected chi connectivity index (χ4v) is 8.29. The molecule has 138 valence electrons. The van der Waals surface area contributed by atoms with Gasteiger partial charge in [-0.15, -0.1) is 0 Å². The maximum atomic E-state index is 13.5. The largest absolute Gasteiger partial charge is 0.458 e. The summed E-state index contributed by atoms with van der Waals surface area (Å²) in [6.07, 6.45) is -2.00. The fraction of sp³-hybridized carbons (Fsp3) is 0.381. The van der Waals surface area contributed by atoms with Gasteiger partial charge in [-0.2, -0.15) is 0 Å². The monoisotopic (exact) mass is 372 g/mol. The molecule has 0 spiro atoms. The van der Waals surface area contributed by atoms with Gasteiger partial charge >= 0.3 is 5.97 Å². The molecule has 2 aromatic carbocycles. The summed E-state index contributed by atoms with van der Waals surface area (Å²) in [6.45, 7) is 6.74. The lowest BCUT2D eigenvalue weighted by molar-refractivity contribution is -0.145. The molecule has 0 radical (unpaired) electrons. The van der Waals surface area contributed by atoms with E-state index in [9.17, 15) is 9.18 Å². The van der Waals surface area contributed by atoms with Crippen molar-refractivity contribution in [2.45, 2.75) is 44.5 Å². The SMILES string of the molecule is CC(C)(C)[Si](OC[C@H]1C[C@@H](F)C(=O)O1)(c1ccccc1)c1ccccc1. The van der Waals surface area contributed by atoms with Crippen LogP contribution in [0.4, 0.5) is 4.39 Å². The van der Waals surface area contributed by atoms with Gasteiger partial charge in [0.1, 0.15) is 6.10 Å². The Hall–Kier alpha value is -1.98. The van der Waals surface area contributed by atoms with E-state index in [0.29, 0.717) is 0 Å². The van der Waals surface area contributed by atoms with Crippen molar-refractivity contribution < 1.29 is 18.3 Å². The van der Waals surface area contributed by atoms with E-state index in [0.717, 1.165) is 10.4 Å². The van der Waals surface area contributed by atoms with Crippen molar-refractivity contribution in [1.29, 1.82) is 0 Å². The number of alkyl halides is 1. The van der Waals surface area contributed by atoms with E-state index in [2.05, 4.69) is 45.0 Å². The fourth-order valence-electron chi connectivity index (χ4n) is 3.69. The molecule has 3 rings (SSSR count). The van der Waals surface area contributed by atoms with Crippen molar-refractivity contribution in [3.05, 3.63) is 60.7 Å². The van der Waals surface area contributed by atoms with Crippen LogP contribution < -0.4 is 10.4 Å². The summed E-state index contributed by atoms with van der Waals surface area (Å²) in [6, 6.07) is 20.4. The Morgan fingerprint density at radius 3 is 1.92 bits per heavy atom. The molecule has 1 saturated heterocycles. The molecule has 0 N–H and O–H groups in total. The highest BCUT2D eigenvalue weighted by molar-refractivity contribution is 6.99. The first kappa shape index (κ1) is 18.8. The van der Waals surface area contributed by atoms with Gasteiger partial charge in [0.25, 0.3) is 8.32 Å². The highest BCUT2D eigenvalue weighted by atomic mass is 28.4. The third-order valence-electron chi connectivity index (χ3n) is 4.91. The minimum Gasteiger partial charge on any atom is -0.458 e. The van der Waals surface area contributed by atoms with E-state index in [-0.39, 0.29) is 18.1 Å². The second-order valence-corrected chi connectivity index (χ2v) is 12.0. The van der Waals surface area contributed by atoms with Crippen LogP contribution in [0, 0.1) is 0 Å². The highest BCUT2D eigenvalue weighted by Crippen LogP contribution is 2.37. The van der Waals surface area contributed by atoms with E-state index in [4.69, 9.17) is 9.16 Å². The average Bonchev–Trinajstić information content (AvgIpc) is 2.94. The maximum absolute atomic E-state index is 13.5. The van der Waals surface area contributed by atoms with Gasteiger partial charge in [0, 0.05) is 6.42 Å². The minimum absolute atomic E-state index is 0.0665. The number of halogens is 1. The molecule has 1 heterocycles. The molecule has 1 fully saturated rings. The second-order valence-electron chi connectivity index (χ2n) is 7.74. The molecular weight excluding hydrogens is 347 g/mol. The summed E-state index contributed by atoms with van der Waals surface area (Å²) in [4.78, 5) is 11.4. The van der Waals surface area contributed by atoms with Crippen LogP contribution in [0.3, 0.4) is 0 Å². The number of hydrogen-bond acceptors (Lipinski definition) is 3. The number of cyclic esters (lactones) is 1. The Balaban J connectivity index is 2.02. The molecular formula is C21H25FO3Si. The number of carbonyl (C=O) groups is 1. The molecule has 3 nitrogen and oxygen atoms in total. The molecule has 1 aliphatic rings. The van der Waals surface area contributed by atoms with Gasteiger partial charge in [0.2, 0.25) is 6.17 Å². The van der Waals surface area contributed by atoms with E-state index >= 15 is 0 Å². The zero-order valence-corrected chi connectivity index (χ0v) is 16.4. The molecule has 0 aliphatic carbocycles. The van der Waals surface area contributed by atoms with Crippen molar-refractivity contribution in [1.82, 2.24) is 0 Å². The molecule has 2 atom stereocenters. The van der Waals surface area contributed by atoms with Crippen LogP contribution in [0.2, 0.25) is 5.04 Å². The summed E-state index contributed by atoms with van der Waals surface area (Å²) >= 11 is 0. The zero-order valence-electron chi connectivity index (χ0n) is 15.4. The van der Waals surface area contributed by atoms with Crippen LogP contribution in [0.5, 0.6) is 0 Å². The predicted octanol–water partition coefficient (Wildman–Crippen LogP) is 3.22. The van der Waals surface area contributed by atoms with Crippen LogP contribution in [-0.4, -0.2) is 33.2 Å². The molecule has 0 bridgehead atoms. The van der Waals surface area contributed by atoms with Crippen molar-refractivity contribution >= 4 is 24.7 Å². The Morgan fingerprint density at radius 2 is 1.54 bits per heavy atom. The van der Waals surface area contributed by atoms with Gasteiger partial charge in [0.15, 0.2) is 0 Å². The Morgan fingerprint density at radius 1 is 1.04 bits per heavy atom. The molecule has 5 heteroatoms. The Bertz CT molecular complexity index is 703. The van der Waals surface area contributed by atoms with Gasteiger partial charge in [0.05, 0.1) is 6.61 Å². The Labute approximate surface area is 155 Å². The molecule has 0 amide bonds. The minimum atomic E-state index is -2.67. The predicted molar refractivity (Wildman–Crippen MR) is 103 cm³/mol. The smallest absolute Gasteiger partial charge is 0.341 e. The first-order chi connectivity index (χ1) is 12.3. The molecule has 0 aromatic heterocycles. The first-order valence-corrected chi connectivity index (χ1v) is 10.8. The van der Waals surface area contributed by atoms with E-state index < -0.39 is 26.6 Å². The normalized spacial score (nSPS) is 20.8. The molecule has 2 aromatic rings. The number of carbonyl (C=O) groups excluding carboxylic acids is 1. The number of esters is 1. The van der Waals surface area contributed by atoms with Gasteiger partial charge < -0.3 is 9.16 Å². The summed E-state index contributed by atoms with van der Waals surface area (Å²) in [5, 5.41) is 2.15. The standard InChI is InChI=1S/C21H25FO3Si/c1-21(2,3)26(17-10-6-4-7-11-17,18-12-8-5-9-13-18)24-15-16-14-19(22)20(23)25-16/h4-13,16,19H,14-15H2,1-3H3/t16-,19-/m1/s1. The third kappa shape index (κ3) is 3.46. The van der Waals surface area contributed by atoms with E-state index in [1.54, 1.807) is 0 Å². The van der Waals surface area contributed by atoms with E-state index in [1.165, 1.54) is 0 Å². The van der Waals surface area contributed by atoms with Crippen LogP contribution in [-0.2, 0) is 14.0 Å². The quantitative estimate of drug-likeness (QED) is 0.597. The van der Waals surface area contributed by atoms with Crippen LogP contribution in [0.25, 0.3) is 0 Å². The van der Waals surface area contributed by atoms with Crippen LogP contribution in [0.15, 0.2) is 60.7 Å². The second kappa shape index (κ2) is 7.33. The first-order valence-electron chi connectivity index (χ1n) is 8.94. The number of ether oxygens (including phenoxy) is 1. The van der Waals surface area contributed by atoms with Crippen LogP contribution in [0.1, 0.15) is 27.2 Å². The topological polar surface area (TPSA) is 35.5 Å². The molecule has 0 unspecified atom stereocenters. The number of benzene rings is 2. The van der Waals surface area contributed by atoms with Crippen molar-refractivity contribution in [3.63, 3.8) is 0 Å². The summed E-state index contributed by atoms with van der Waals surface area (Å²) in [7, 11) is -2.67. The van der Waals surface area contributed by atoms with Gasteiger partial charge in [-0.1, -0.05) is 81.4 Å². The average molecular weight is 373 g/mol. The summed E-state index contributed by atoms with van der Waals surface area (Å²) < 4.78 is 25.3. The molecule has 1 aliphatic heterocycles. The van der Waals surface area contributed by atoms with Gasteiger partial charge in [-0.3, -0.25) is 0 Å². The Kier molecular flexibility index (Phi) is 5.30. The third-order valence-corrected chi connectivity index (χ3v) is 9.92. The zero-order chi connectivity index (χ0) is 18.8. The lowest BCUT2D eigenvalue weighted by atomic mass is 10.2. The summed E-state index contributed by atoms with van der Waals surface area (Å²) in [5.41, 5.74) is 0. The van der Waals surface area contributed by atoms with Crippen LogP contribution >= 0.6 is 0 Å². The lowest BCUT2D eigenvalue weighted by Gasteiger charge is -2.43. The lowest BCUT2D eigenvalue weighted by Crippen LogP contribution is -2.67. The van der Waals surface area contributed by atoms with E-state index in [1.807, 2.05) is 36.4 Å². The molecule has 0 saturated carbocycles. The van der Waals surface area contributed by atoms with Crippen molar-refractivity contribution in [2.24, 2.45) is 0 Å². The maximum Gasteiger partial charge on any atom is 0.341 e. The van der Waals surface area contributed by atoms with Crippen molar-refractivity contribution in [2.75, 3.05) is 6.61 Å². The number of rotatable bonds is 5. The highest BCUT2D eigenvalue weighted by Gasteiger charge is 2.51. The number of hydrogen-bond donors (Lipinski definition) is 0. The summed E-state index contributed by atoms with van der Waals surface area (Å²) in [5.74, 6) is -0.777. The molecule has 26 heavy (non-hydrogen) atoms. The van der Waals surface area contributed by atoms with Gasteiger partial charge in [-0.05, 0) is 15.4 Å². The van der Waals surface area contributed by atoms with Gasteiger partial charge in [-0.25, -0.2) is 9.18 Å².